The number of carbonyl (C=O) groups is 2. The van der Waals surface area contributed by atoms with Crippen molar-refractivity contribution in [2.24, 2.45) is 5.41 Å². The van der Waals surface area contributed by atoms with Crippen LogP contribution in [0.1, 0.15) is 27.7 Å². The van der Waals surface area contributed by atoms with Gasteiger partial charge in [-0.25, -0.2) is 13.6 Å². The zero-order valence-corrected chi connectivity index (χ0v) is 12.3. The van der Waals surface area contributed by atoms with E-state index in [0.717, 1.165) is 6.07 Å². The second-order valence-electron chi connectivity index (χ2n) is 5.74. The molecule has 5 nitrogen and oxygen atoms in total. The number of rotatable bonds is 4. The van der Waals surface area contributed by atoms with E-state index in [-0.39, 0.29) is 5.69 Å². The van der Waals surface area contributed by atoms with Crippen LogP contribution in [-0.4, -0.2) is 22.6 Å². The van der Waals surface area contributed by atoms with Gasteiger partial charge in [0.25, 0.3) is 0 Å². The fourth-order valence-electron chi connectivity index (χ4n) is 1.46. The van der Waals surface area contributed by atoms with Gasteiger partial charge in [0.1, 0.15) is 0 Å². The maximum atomic E-state index is 13.4. The smallest absolute Gasteiger partial charge is 0.319 e. The number of hydrogen-bond donors (Lipinski definition) is 3. The Kier molecular flexibility index (Phi) is 4.56. The summed E-state index contributed by atoms with van der Waals surface area (Å²) < 4.78 is 26.5. The van der Waals surface area contributed by atoms with E-state index in [1.807, 2.05) is 0 Å². The van der Waals surface area contributed by atoms with Crippen molar-refractivity contribution in [2.75, 3.05) is 5.32 Å². The van der Waals surface area contributed by atoms with Gasteiger partial charge in [-0.05, 0) is 39.8 Å². The van der Waals surface area contributed by atoms with Crippen molar-refractivity contribution < 1.29 is 23.5 Å². The van der Waals surface area contributed by atoms with E-state index >= 15 is 0 Å². The van der Waals surface area contributed by atoms with Crippen LogP contribution in [0.15, 0.2) is 18.2 Å². The highest BCUT2D eigenvalue weighted by Gasteiger charge is 2.44. The lowest BCUT2D eigenvalue weighted by Crippen LogP contribution is -2.57. The predicted molar refractivity (Wildman–Crippen MR) is 74.0 cm³/mol. The van der Waals surface area contributed by atoms with E-state index in [1.54, 1.807) is 0 Å². The van der Waals surface area contributed by atoms with Crippen LogP contribution in [0.4, 0.5) is 19.3 Å². The zero-order chi connectivity index (χ0) is 16.4. The Hall–Kier alpha value is -2.18. The molecule has 7 heteroatoms. The van der Waals surface area contributed by atoms with Gasteiger partial charge in [0, 0.05) is 0 Å². The van der Waals surface area contributed by atoms with Gasteiger partial charge in [-0.2, -0.15) is 0 Å². The molecule has 0 bridgehead atoms. The number of anilines is 1. The van der Waals surface area contributed by atoms with Crippen LogP contribution in [0.5, 0.6) is 0 Å². The molecule has 0 unspecified atom stereocenters. The highest BCUT2D eigenvalue weighted by Crippen LogP contribution is 2.30. The third kappa shape index (κ3) is 3.48. The molecular formula is C14H18F2N2O3. The zero-order valence-electron chi connectivity index (χ0n) is 12.3. The second-order valence-corrected chi connectivity index (χ2v) is 5.74. The summed E-state index contributed by atoms with van der Waals surface area (Å²) >= 11 is 0. The second kappa shape index (κ2) is 5.67. The summed E-state index contributed by atoms with van der Waals surface area (Å²) in [5, 5.41) is 13.8. The molecule has 21 heavy (non-hydrogen) atoms. The van der Waals surface area contributed by atoms with Gasteiger partial charge < -0.3 is 15.7 Å². The molecule has 0 aliphatic rings. The quantitative estimate of drug-likeness (QED) is 0.800. The Morgan fingerprint density at radius 3 is 2.24 bits per heavy atom. The molecule has 2 amide bonds. The molecular weight excluding hydrogens is 282 g/mol. The van der Waals surface area contributed by atoms with Gasteiger partial charge in [0.2, 0.25) is 0 Å². The number of urea groups is 1. The van der Waals surface area contributed by atoms with Gasteiger partial charge in [0.15, 0.2) is 11.6 Å². The molecule has 116 valence electrons. The van der Waals surface area contributed by atoms with Crippen LogP contribution < -0.4 is 10.6 Å². The summed E-state index contributed by atoms with van der Waals surface area (Å²) in [6.45, 7) is 5.97. The topological polar surface area (TPSA) is 78.4 Å². The molecule has 0 heterocycles. The van der Waals surface area contributed by atoms with Crippen LogP contribution in [0.3, 0.4) is 0 Å². The summed E-state index contributed by atoms with van der Waals surface area (Å²) in [5.41, 5.74) is -2.70. The first-order valence-electron chi connectivity index (χ1n) is 6.25. The largest absolute Gasteiger partial charge is 0.481 e. The number of hydrogen-bond acceptors (Lipinski definition) is 2. The van der Waals surface area contributed by atoms with E-state index in [0.29, 0.717) is 0 Å². The minimum Gasteiger partial charge on any atom is -0.481 e. The predicted octanol–water partition coefficient (Wildman–Crippen LogP) is 2.98. The van der Waals surface area contributed by atoms with Crippen molar-refractivity contribution in [3.63, 3.8) is 0 Å². The first kappa shape index (κ1) is 16.9. The first-order chi connectivity index (χ1) is 9.49. The van der Waals surface area contributed by atoms with E-state index < -0.39 is 34.6 Å². The number of amides is 2. The highest BCUT2D eigenvalue weighted by atomic mass is 19.2. The summed E-state index contributed by atoms with van der Waals surface area (Å²) in [6, 6.07) is 2.56. The maximum Gasteiger partial charge on any atom is 0.319 e. The van der Waals surface area contributed by atoms with Crippen molar-refractivity contribution in [3.05, 3.63) is 29.8 Å². The van der Waals surface area contributed by atoms with Crippen molar-refractivity contribution in [2.45, 2.75) is 33.2 Å². The fourth-order valence-corrected chi connectivity index (χ4v) is 1.46. The van der Waals surface area contributed by atoms with Crippen molar-refractivity contribution in [1.29, 1.82) is 0 Å². The average Bonchev–Trinajstić information content (AvgIpc) is 2.33. The molecule has 1 aromatic rings. The molecule has 0 fully saturated rings. The van der Waals surface area contributed by atoms with Gasteiger partial charge >= 0.3 is 12.0 Å². The molecule has 0 aliphatic carbocycles. The van der Waals surface area contributed by atoms with E-state index in [1.165, 1.54) is 39.8 Å². The minimum absolute atomic E-state index is 0.323. The number of carboxylic acid groups (broad SMARTS) is 1. The van der Waals surface area contributed by atoms with E-state index in [2.05, 4.69) is 10.6 Å². The highest BCUT2D eigenvalue weighted by molar-refractivity contribution is 5.90. The Balaban J connectivity index is 2.87. The van der Waals surface area contributed by atoms with E-state index in [4.69, 9.17) is 0 Å². The number of carboxylic acids is 1. The number of nitrogens with one attached hydrogen (secondary N) is 2. The Bertz CT molecular complexity index is 571. The monoisotopic (exact) mass is 300 g/mol. The number of aliphatic carboxylic acids is 1. The molecule has 0 spiro atoms. The molecule has 0 aromatic heterocycles. The summed E-state index contributed by atoms with van der Waals surface area (Å²) in [4.78, 5) is 23.1. The minimum atomic E-state index is -1.26. The average molecular weight is 300 g/mol. The molecule has 1 rings (SSSR count). The normalized spacial score (nSPS) is 11.9. The van der Waals surface area contributed by atoms with Crippen LogP contribution in [0.2, 0.25) is 0 Å². The van der Waals surface area contributed by atoms with Crippen molar-refractivity contribution in [1.82, 2.24) is 5.32 Å². The maximum absolute atomic E-state index is 13.4. The molecule has 0 atom stereocenters. The van der Waals surface area contributed by atoms with Gasteiger partial charge in [-0.15, -0.1) is 0 Å². The molecule has 1 aromatic carbocycles. The number of benzene rings is 1. The lowest BCUT2D eigenvalue weighted by Gasteiger charge is -2.38. The third-order valence-corrected chi connectivity index (χ3v) is 3.72. The van der Waals surface area contributed by atoms with Gasteiger partial charge in [-0.1, -0.05) is 6.07 Å². The summed E-state index contributed by atoms with van der Waals surface area (Å²) in [7, 11) is 0. The lowest BCUT2D eigenvalue weighted by molar-refractivity contribution is -0.150. The van der Waals surface area contributed by atoms with Crippen LogP contribution >= 0.6 is 0 Å². The molecule has 0 aliphatic heterocycles. The Morgan fingerprint density at radius 2 is 1.71 bits per heavy atom. The molecule has 3 N–H and O–H groups in total. The molecule has 0 radical (unpaired) electrons. The molecule has 0 saturated heterocycles. The summed E-state index contributed by atoms with van der Waals surface area (Å²) in [5.74, 6) is -3.36. The standard InChI is InChI=1S/C14H18F2N2O3/c1-13(2,11(19)20)14(3,4)18-12(21)17-9-7-5-6-8(15)10(9)16/h5-7H,1-4H3,(H,19,20)(H2,17,18,21). The van der Waals surface area contributed by atoms with Crippen LogP contribution in [0.25, 0.3) is 0 Å². The SMILES string of the molecule is CC(C)(NC(=O)Nc1cccc(F)c1F)C(C)(C)C(=O)O. The van der Waals surface area contributed by atoms with Crippen molar-refractivity contribution >= 4 is 17.7 Å². The number of carbonyl (C=O) groups excluding carboxylic acids is 1. The third-order valence-electron chi connectivity index (χ3n) is 3.72. The van der Waals surface area contributed by atoms with Gasteiger partial charge in [-0.3, -0.25) is 4.79 Å². The van der Waals surface area contributed by atoms with E-state index in [9.17, 15) is 23.5 Å². The Labute approximate surface area is 121 Å². The first-order valence-corrected chi connectivity index (χ1v) is 6.25. The molecule has 0 saturated carbocycles. The fraction of sp³-hybridized carbons (Fsp3) is 0.429. The number of halogens is 2. The summed E-state index contributed by atoms with van der Waals surface area (Å²) in [6.07, 6.45) is 0. The van der Waals surface area contributed by atoms with Crippen LogP contribution in [-0.2, 0) is 4.79 Å². The van der Waals surface area contributed by atoms with Crippen molar-refractivity contribution in [3.8, 4) is 0 Å². The van der Waals surface area contributed by atoms with Gasteiger partial charge in [0.05, 0.1) is 16.6 Å². The lowest BCUT2D eigenvalue weighted by atomic mass is 9.74. The Morgan fingerprint density at radius 1 is 1.14 bits per heavy atom. The van der Waals surface area contributed by atoms with Crippen LogP contribution in [0, 0.1) is 17.0 Å².